The third-order valence-corrected chi connectivity index (χ3v) is 9.37. The normalized spacial score (nSPS) is 11.8. The number of nitrogens with zero attached hydrogens (tertiary/aromatic N) is 5. The number of benzene rings is 1. The van der Waals surface area contributed by atoms with Crippen molar-refractivity contribution in [3.63, 3.8) is 0 Å². The van der Waals surface area contributed by atoms with E-state index in [-0.39, 0.29) is 49.9 Å². The minimum atomic E-state index is -4.12. The maximum Gasteiger partial charge on any atom is 0.272 e. The molecule has 226 valence electrons. The molecule has 3 aromatic heterocycles. The lowest BCUT2D eigenvalue weighted by atomic mass is 10.1. The summed E-state index contributed by atoms with van der Waals surface area (Å²) in [5, 5.41) is 2.59. The van der Waals surface area contributed by atoms with Gasteiger partial charge >= 0.3 is 0 Å². The van der Waals surface area contributed by atoms with Gasteiger partial charge in [-0.2, -0.15) is 0 Å². The summed E-state index contributed by atoms with van der Waals surface area (Å²) in [6, 6.07) is 11.8. The Bertz CT molecular complexity index is 1710. The second-order valence-corrected chi connectivity index (χ2v) is 13.3. The van der Waals surface area contributed by atoms with Crippen molar-refractivity contribution in [3.8, 4) is 28.9 Å². The molecule has 0 aliphatic carbocycles. The molecular formula is C27H30N8O5S3. The number of ether oxygens (including phenoxy) is 2. The van der Waals surface area contributed by atoms with E-state index in [0.29, 0.717) is 11.7 Å². The maximum absolute atomic E-state index is 13.6. The van der Waals surface area contributed by atoms with Gasteiger partial charge in [0.2, 0.25) is 17.5 Å². The van der Waals surface area contributed by atoms with Crippen LogP contribution >= 0.6 is 23.1 Å². The van der Waals surface area contributed by atoms with Crippen molar-refractivity contribution in [2.75, 3.05) is 24.6 Å². The highest BCUT2D eigenvalue weighted by molar-refractivity contribution is 8.00. The summed E-state index contributed by atoms with van der Waals surface area (Å²) in [5.41, 5.74) is 5.64. The fourth-order valence-electron chi connectivity index (χ4n) is 3.58. The van der Waals surface area contributed by atoms with Gasteiger partial charge in [-0.3, -0.25) is 19.8 Å². The van der Waals surface area contributed by atoms with E-state index in [9.17, 15) is 13.2 Å². The second kappa shape index (κ2) is 14.3. The van der Waals surface area contributed by atoms with Gasteiger partial charge in [-0.25, -0.2) is 28.4 Å². The second-order valence-electron chi connectivity index (χ2n) is 9.23. The minimum absolute atomic E-state index is 0.00916. The van der Waals surface area contributed by atoms with E-state index < -0.39 is 15.9 Å². The zero-order valence-corrected chi connectivity index (χ0v) is 26.2. The molecule has 0 saturated carbocycles. The standard InChI is InChI=1S/C27H30N8O5S3/c1-16(2)14-17-10-11-21(42-17)43(37,38)35-23-22(40-19-9-6-5-8-18(19)39-4)26(41-15-20(36)32-27(28)29-3)34-25(33-23)24-30-12-7-13-31-24/h5-13,16H,14-15H2,1-4H3,(H,33,34,35)(H3,28,29,32,36). The van der Waals surface area contributed by atoms with Crippen molar-refractivity contribution in [1.82, 2.24) is 25.3 Å². The molecule has 0 saturated heterocycles. The Kier molecular flexibility index (Phi) is 10.5. The molecule has 13 nitrogen and oxygen atoms in total. The molecule has 3 heterocycles. The van der Waals surface area contributed by atoms with Crippen LogP contribution in [0.3, 0.4) is 0 Å². The lowest BCUT2D eigenvalue weighted by Gasteiger charge is -2.17. The molecule has 0 aliphatic rings. The number of rotatable bonds is 12. The molecule has 0 bridgehead atoms. The summed E-state index contributed by atoms with van der Waals surface area (Å²) in [7, 11) is -1.20. The van der Waals surface area contributed by atoms with Crippen molar-refractivity contribution < 1.29 is 22.7 Å². The molecule has 1 aromatic carbocycles. The summed E-state index contributed by atoms with van der Waals surface area (Å²) in [5.74, 6) is 0.219. The molecule has 4 aromatic rings. The van der Waals surface area contributed by atoms with Gasteiger partial charge in [-0.15, -0.1) is 11.3 Å². The number of amides is 1. The molecule has 0 fully saturated rings. The van der Waals surface area contributed by atoms with Crippen LogP contribution in [0.15, 0.2) is 69.1 Å². The number of nitrogens with two attached hydrogens (primary N) is 1. The van der Waals surface area contributed by atoms with Crippen LogP contribution in [0.5, 0.6) is 17.2 Å². The van der Waals surface area contributed by atoms with E-state index in [1.807, 2.05) is 0 Å². The first-order valence-electron chi connectivity index (χ1n) is 12.9. The first-order chi connectivity index (χ1) is 20.6. The van der Waals surface area contributed by atoms with Crippen molar-refractivity contribution in [1.29, 1.82) is 0 Å². The zero-order chi connectivity index (χ0) is 31.0. The van der Waals surface area contributed by atoms with Gasteiger partial charge in [0.1, 0.15) is 9.24 Å². The van der Waals surface area contributed by atoms with Crippen LogP contribution < -0.4 is 25.2 Å². The summed E-state index contributed by atoms with van der Waals surface area (Å²) in [4.78, 5) is 34.7. The Hall–Kier alpha value is -4.28. The number of anilines is 1. The third-order valence-electron chi connectivity index (χ3n) is 5.47. The lowest BCUT2D eigenvalue weighted by Crippen LogP contribution is -2.37. The van der Waals surface area contributed by atoms with Gasteiger partial charge in [0, 0.05) is 24.3 Å². The lowest BCUT2D eigenvalue weighted by molar-refractivity contribution is -0.117. The summed E-state index contributed by atoms with van der Waals surface area (Å²) >= 11 is 2.14. The fraction of sp³-hybridized carbons (Fsp3) is 0.259. The van der Waals surface area contributed by atoms with Gasteiger partial charge in [0.25, 0.3) is 10.0 Å². The predicted octanol–water partition coefficient (Wildman–Crippen LogP) is 3.95. The summed E-state index contributed by atoms with van der Waals surface area (Å²) < 4.78 is 41.6. The number of aliphatic imine (C=N–C) groups is 1. The number of carbonyl (C=O) groups is 1. The van der Waals surface area contributed by atoms with E-state index in [1.165, 1.54) is 37.9 Å². The first-order valence-corrected chi connectivity index (χ1v) is 16.1. The van der Waals surface area contributed by atoms with Crippen LogP contribution in [0, 0.1) is 5.92 Å². The quantitative estimate of drug-likeness (QED) is 0.0880. The third kappa shape index (κ3) is 8.39. The zero-order valence-electron chi connectivity index (χ0n) is 23.8. The molecule has 43 heavy (non-hydrogen) atoms. The van der Waals surface area contributed by atoms with Crippen LogP contribution in [-0.4, -0.2) is 60.1 Å². The van der Waals surface area contributed by atoms with Gasteiger partial charge < -0.3 is 15.2 Å². The van der Waals surface area contributed by atoms with Gasteiger partial charge in [0.05, 0.1) is 12.9 Å². The number of aromatic nitrogens is 4. The molecule has 16 heteroatoms. The number of hydrogen-bond donors (Lipinski definition) is 3. The van der Waals surface area contributed by atoms with E-state index in [4.69, 9.17) is 15.2 Å². The molecule has 0 aliphatic heterocycles. The molecule has 4 N–H and O–H groups in total. The number of guanidine groups is 1. The van der Waals surface area contributed by atoms with E-state index in [1.54, 1.807) is 42.5 Å². The first kappa shape index (κ1) is 31.7. The molecule has 0 spiro atoms. The van der Waals surface area contributed by atoms with Crippen LogP contribution in [0.1, 0.15) is 18.7 Å². The molecule has 0 radical (unpaired) electrons. The molecule has 4 rings (SSSR count). The predicted molar refractivity (Wildman–Crippen MR) is 166 cm³/mol. The number of nitrogens with one attached hydrogen (secondary N) is 2. The van der Waals surface area contributed by atoms with Crippen molar-refractivity contribution in [3.05, 3.63) is 59.7 Å². The monoisotopic (exact) mass is 642 g/mol. The van der Waals surface area contributed by atoms with Gasteiger partial charge in [0.15, 0.2) is 29.1 Å². The van der Waals surface area contributed by atoms with Crippen molar-refractivity contribution in [2.45, 2.75) is 29.5 Å². The van der Waals surface area contributed by atoms with Crippen LogP contribution in [0.4, 0.5) is 5.82 Å². The number of thioether (sulfide) groups is 1. The molecule has 0 atom stereocenters. The topological polar surface area (TPSA) is 184 Å². The Morgan fingerprint density at radius 3 is 2.47 bits per heavy atom. The van der Waals surface area contributed by atoms with Crippen LogP contribution in [-0.2, 0) is 21.2 Å². The van der Waals surface area contributed by atoms with Crippen LogP contribution in [0.25, 0.3) is 11.6 Å². The SMILES string of the molecule is CN=C(N)NC(=O)CSc1nc(-c2ncccn2)nc(NS(=O)(=O)c2ccc(CC(C)C)s2)c1Oc1ccccc1OC. The number of methoxy groups -OCH3 is 1. The van der Waals surface area contributed by atoms with Gasteiger partial charge in [-0.05, 0) is 42.7 Å². The number of thiophene rings is 1. The van der Waals surface area contributed by atoms with E-state index in [0.717, 1.165) is 23.1 Å². The number of hydrogen-bond acceptors (Lipinski definition) is 12. The van der Waals surface area contributed by atoms with Crippen LogP contribution in [0.2, 0.25) is 0 Å². The minimum Gasteiger partial charge on any atom is -0.493 e. The Morgan fingerprint density at radius 2 is 1.79 bits per heavy atom. The molecule has 0 unspecified atom stereocenters. The average Bonchev–Trinajstić information content (AvgIpc) is 3.46. The van der Waals surface area contributed by atoms with E-state index in [2.05, 4.69) is 48.8 Å². The largest absolute Gasteiger partial charge is 0.493 e. The number of para-hydroxylation sites is 2. The smallest absolute Gasteiger partial charge is 0.272 e. The molecular weight excluding hydrogens is 613 g/mol. The summed E-state index contributed by atoms with van der Waals surface area (Å²) in [6.07, 6.45) is 3.75. The highest BCUT2D eigenvalue weighted by atomic mass is 32.2. The Balaban J connectivity index is 1.84. The molecule has 1 amide bonds. The fourth-order valence-corrected chi connectivity index (χ4v) is 6.91. The Morgan fingerprint density at radius 1 is 1.07 bits per heavy atom. The van der Waals surface area contributed by atoms with Crippen molar-refractivity contribution >= 4 is 50.8 Å². The highest BCUT2D eigenvalue weighted by Gasteiger charge is 2.26. The van der Waals surface area contributed by atoms with Crippen molar-refractivity contribution in [2.24, 2.45) is 16.6 Å². The maximum atomic E-state index is 13.6. The highest BCUT2D eigenvalue weighted by Crippen LogP contribution is 2.41. The average molecular weight is 643 g/mol. The van der Waals surface area contributed by atoms with Gasteiger partial charge in [-0.1, -0.05) is 37.7 Å². The summed E-state index contributed by atoms with van der Waals surface area (Å²) in [6.45, 7) is 4.12. The van der Waals surface area contributed by atoms with E-state index >= 15 is 0 Å². The number of carbonyl (C=O) groups excluding carboxylic acids is 1. The number of sulfonamides is 1. The Labute approximate surface area is 257 Å².